The zero-order chi connectivity index (χ0) is 23.0. The number of hydrogen-bond donors (Lipinski definition) is 1. The first-order chi connectivity index (χ1) is 16.1. The van der Waals surface area contributed by atoms with Crippen LogP contribution in [-0.4, -0.2) is 40.8 Å². The van der Waals surface area contributed by atoms with E-state index in [1.165, 1.54) is 22.7 Å². The first kappa shape index (κ1) is 22.7. The minimum Gasteiger partial charge on any atom is -0.463 e. The van der Waals surface area contributed by atoms with Crippen molar-refractivity contribution in [2.45, 2.75) is 13.0 Å². The molecular weight excluding hydrogens is 462 g/mol. The van der Waals surface area contributed by atoms with Crippen LogP contribution in [0.3, 0.4) is 0 Å². The fraction of sp³-hybridized carbons (Fsp3) is 0.174. The molecule has 1 amide bonds. The predicted molar refractivity (Wildman–Crippen MR) is 126 cm³/mol. The molecule has 8 nitrogen and oxygen atoms in total. The van der Waals surface area contributed by atoms with Crippen LogP contribution in [0.4, 0.5) is 5.00 Å². The van der Waals surface area contributed by atoms with Gasteiger partial charge in [-0.05, 0) is 23.1 Å². The maximum Gasteiger partial charge on any atom is 0.313 e. The van der Waals surface area contributed by atoms with E-state index in [1.807, 2.05) is 30.3 Å². The maximum absolute atomic E-state index is 12.6. The van der Waals surface area contributed by atoms with Gasteiger partial charge in [-0.1, -0.05) is 30.3 Å². The summed E-state index contributed by atoms with van der Waals surface area (Å²) < 4.78 is 11.4. The molecule has 4 aromatic rings. The number of thiophene rings is 1. The number of esters is 1. The normalized spacial score (nSPS) is 10.8. The number of hydrogen-bond acceptors (Lipinski definition) is 9. The maximum atomic E-state index is 12.6. The molecule has 3 aromatic heterocycles. The fourth-order valence-corrected chi connectivity index (χ4v) is 4.54. The van der Waals surface area contributed by atoms with E-state index < -0.39 is 24.1 Å². The van der Waals surface area contributed by atoms with Gasteiger partial charge in [0, 0.05) is 6.20 Å². The Balaban J connectivity index is 1.25. The number of rotatable bonds is 10. The number of carbonyl (C=O) groups is 3. The van der Waals surface area contributed by atoms with Crippen LogP contribution < -0.4 is 5.32 Å². The first-order valence-corrected chi connectivity index (χ1v) is 11.7. The Morgan fingerprint density at radius 1 is 1.03 bits per heavy atom. The third kappa shape index (κ3) is 6.07. The van der Waals surface area contributed by atoms with Crippen molar-refractivity contribution in [1.82, 2.24) is 9.97 Å². The largest absolute Gasteiger partial charge is 0.463 e. The Hall–Kier alpha value is -3.47. The van der Waals surface area contributed by atoms with Gasteiger partial charge in [0.2, 0.25) is 0 Å². The highest BCUT2D eigenvalue weighted by molar-refractivity contribution is 7.20. The number of thiazole rings is 1. The number of carbonyl (C=O) groups excluding carboxylic acids is 3. The van der Waals surface area contributed by atoms with Gasteiger partial charge >= 0.3 is 5.97 Å². The molecule has 0 aliphatic heterocycles. The monoisotopic (exact) mass is 481 g/mol. The Labute approximate surface area is 197 Å². The second kappa shape index (κ2) is 10.9. The summed E-state index contributed by atoms with van der Waals surface area (Å²) in [5.41, 5.74) is 1.91. The van der Waals surface area contributed by atoms with Crippen molar-refractivity contribution in [3.05, 3.63) is 76.4 Å². The highest BCUT2D eigenvalue weighted by Crippen LogP contribution is 2.27. The molecule has 33 heavy (non-hydrogen) atoms. The van der Waals surface area contributed by atoms with Gasteiger partial charge < -0.3 is 14.8 Å². The van der Waals surface area contributed by atoms with Crippen LogP contribution in [0.2, 0.25) is 0 Å². The van der Waals surface area contributed by atoms with Crippen LogP contribution in [0, 0.1) is 0 Å². The van der Waals surface area contributed by atoms with E-state index >= 15 is 0 Å². The van der Waals surface area contributed by atoms with Crippen LogP contribution in [0.25, 0.3) is 10.2 Å². The molecule has 0 atom stereocenters. The van der Waals surface area contributed by atoms with Crippen molar-refractivity contribution in [2.24, 2.45) is 0 Å². The second-order valence-electron chi connectivity index (χ2n) is 6.84. The van der Waals surface area contributed by atoms with E-state index in [0.29, 0.717) is 17.1 Å². The number of amides is 1. The molecule has 168 valence electrons. The lowest BCUT2D eigenvalue weighted by Crippen LogP contribution is -2.16. The van der Waals surface area contributed by atoms with Crippen LogP contribution in [0.1, 0.15) is 32.1 Å². The summed E-state index contributed by atoms with van der Waals surface area (Å²) >= 11 is 2.43. The molecule has 0 bridgehead atoms. The molecule has 10 heteroatoms. The molecule has 3 heterocycles. The topological polar surface area (TPSA) is 107 Å². The van der Waals surface area contributed by atoms with Crippen LogP contribution in [0.5, 0.6) is 0 Å². The van der Waals surface area contributed by atoms with Crippen LogP contribution in [0.15, 0.2) is 60.2 Å². The standard InChI is InChI=1S/C23H19N3O5S2/c27-18(12-20(28)31-10-9-30-14-15-4-2-1-3-5-15)16-7-11-32-22(16)26-21(29)23-25-17-13-24-8-6-19(17)33-23/h1-8,11,13H,9-10,12,14H2,(H,26,29). The number of benzene rings is 1. The summed E-state index contributed by atoms with van der Waals surface area (Å²) in [6, 6.07) is 13.0. The van der Waals surface area contributed by atoms with Gasteiger partial charge in [-0.3, -0.25) is 19.4 Å². The molecule has 0 spiro atoms. The summed E-state index contributed by atoms with van der Waals surface area (Å²) in [6.45, 7) is 0.700. The molecule has 0 aliphatic carbocycles. The van der Waals surface area contributed by atoms with Crippen molar-refractivity contribution < 1.29 is 23.9 Å². The minimum absolute atomic E-state index is 0.0542. The molecule has 0 aliphatic rings. The lowest BCUT2D eigenvalue weighted by Gasteiger charge is -2.07. The lowest BCUT2D eigenvalue weighted by atomic mass is 10.1. The van der Waals surface area contributed by atoms with Gasteiger partial charge in [-0.25, -0.2) is 4.98 Å². The van der Waals surface area contributed by atoms with Gasteiger partial charge in [0.15, 0.2) is 10.8 Å². The van der Waals surface area contributed by atoms with E-state index in [-0.39, 0.29) is 23.8 Å². The van der Waals surface area contributed by atoms with Gasteiger partial charge in [-0.15, -0.1) is 22.7 Å². The number of nitrogens with one attached hydrogen (secondary N) is 1. The highest BCUT2D eigenvalue weighted by atomic mass is 32.1. The summed E-state index contributed by atoms with van der Waals surface area (Å²) in [5, 5.41) is 5.01. The molecule has 0 radical (unpaired) electrons. The molecule has 1 aromatic carbocycles. The molecular formula is C23H19N3O5S2. The third-order valence-corrected chi connectivity index (χ3v) is 6.35. The highest BCUT2D eigenvalue weighted by Gasteiger charge is 2.20. The molecule has 0 saturated heterocycles. The minimum atomic E-state index is -0.648. The van der Waals surface area contributed by atoms with E-state index in [1.54, 1.807) is 29.9 Å². The summed E-state index contributed by atoms with van der Waals surface area (Å²) in [4.78, 5) is 45.5. The second-order valence-corrected chi connectivity index (χ2v) is 8.79. The van der Waals surface area contributed by atoms with Crippen LogP contribution >= 0.6 is 22.7 Å². The molecule has 0 saturated carbocycles. The average molecular weight is 482 g/mol. The van der Waals surface area contributed by atoms with E-state index in [2.05, 4.69) is 15.3 Å². The first-order valence-electron chi connectivity index (χ1n) is 10.00. The number of aromatic nitrogens is 2. The summed E-state index contributed by atoms with van der Waals surface area (Å²) in [6.07, 6.45) is 2.79. The van der Waals surface area contributed by atoms with Crippen molar-refractivity contribution in [1.29, 1.82) is 0 Å². The van der Waals surface area contributed by atoms with Gasteiger partial charge in [-0.2, -0.15) is 0 Å². The lowest BCUT2D eigenvalue weighted by molar-refractivity contribution is -0.144. The zero-order valence-corrected chi connectivity index (χ0v) is 19.0. The summed E-state index contributed by atoms with van der Waals surface area (Å²) in [7, 11) is 0. The number of ketones is 1. The van der Waals surface area contributed by atoms with Crippen molar-refractivity contribution in [2.75, 3.05) is 18.5 Å². The van der Waals surface area contributed by atoms with Crippen molar-refractivity contribution >= 4 is 55.6 Å². The molecule has 0 unspecified atom stereocenters. The van der Waals surface area contributed by atoms with E-state index in [4.69, 9.17) is 9.47 Å². The fourth-order valence-electron chi connectivity index (χ4n) is 2.92. The Morgan fingerprint density at radius 2 is 1.88 bits per heavy atom. The smallest absolute Gasteiger partial charge is 0.313 e. The van der Waals surface area contributed by atoms with E-state index in [0.717, 1.165) is 10.3 Å². The summed E-state index contributed by atoms with van der Waals surface area (Å²) in [5.74, 6) is -1.51. The molecule has 0 fully saturated rings. The molecule has 4 rings (SSSR count). The number of fused-ring (bicyclic) bond motifs is 1. The third-order valence-electron chi connectivity index (χ3n) is 4.48. The van der Waals surface area contributed by atoms with Crippen molar-refractivity contribution in [3.63, 3.8) is 0 Å². The number of anilines is 1. The quantitative estimate of drug-likeness (QED) is 0.155. The van der Waals surface area contributed by atoms with Crippen LogP contribution in [-0.2, 0) is 20.9 Å². The van der Waals surface area contributed by atoms with Gasteiger partial charge in [0.05, 0.1) is 29.7 Å². The van der Waals surface area contributed by atoms with Crippen molar-refractivity contribution in [3.8, 4) is 0 Å². The molecule has 1 N–H and O–H groups in total. The zero-order valence-electron chi connectivity index (χ0n) is 17.4. The average Bonchev–Trinajstić information content (AvgIpc) is 3.46. The predicted octanol–water partition coefficient (Wildman–Crippen LogP) is 4.34. The van der Waals surface area contributed by atoms with Gasteiger partial charge in [0.1, 0.15) is 23.5 Å². The number of nitrogens with zero attached hydrogens (tertiary/aromatic N) is 2. The number of Topliss-reactive ketones (excluding diaryl/α,β-unsaturated/α-hetero) is 1. The SMILES string of the molecule is O=C(CC(=O)c1ccsc1NC(=O)c1nc2cnccc2s1)OCCOCc1ccccc1. The van der Waals surface area contributed by atoms with E-state index in [9.17, 15) is 14.4 Å². The number of pyridine rings is 1. The van der Waals surface area contributed by atoms with Gasteiger partial charge in [0.25, 0.3) is 5.91 Å². The Kier molecular flexibility index (Phi) is 7.51. The Morgan fingerprint density at radius 3 is 2.70 bits per heavy atom. The Bertz CT molecular complexity index is 1240. The number of ether oxygens (including phenoxy) is 2.